The Balaban J connectivity index is 2.10. The predicted molar refractivity (Wildman–Crippen MR) is 91.3 cm³/mol. The van der Waals surface area contributed by atoms with Gasteiger partial charge in [0.25, 0.3) is 0 Å². The van der Waals surface area contributed by atoms with Gasteiger partial charge in [0, 0.05) is 23.4 Å². The molecule has 1 N–H and O–H groups in total. The number of nitrogens with zero attached hydrogens (tertiary/aromatic N) is 1. The van der Waals surface area contributed by atoms with Crippen LogP contribution in [0.1, 0.15) is 32.9 Å². The first-order valence-electron chi connectivity index (χ1n) is 8.05. The van der Waals surface area contributed by atoms with E-state index in [1.165, 1.54) is 6.33 Å². The van der Waals surface area contributed by atoms with E-state index < -0.39 is 23.5 Å². The second-order valence-corrected chi connectivity index (χ2v) is 6.28. The zero-order chi connectivity index (χ0) is 18.9. The van der Waals surface area contributed by atoms with Crippen LogP contribution < -0.4 is 0 Å². The molecule has 1 aliphatic heterocycles. The Bertz CT molecular complexity index is 886. The molecule has 7 nitrogen and oxygen atoms in total. The first-order valence-corrected chi connectivity index (χ1v) is 8.05. The predicted octanol–water partition coefficient (Wildman–Crippen LogP) is 2.11. The molecule has 0 amide bonds. The molecule has 0 spiro atoms. The number of hydrogen-bond acceptors (Lipinski definition) is 6. The van der Waals surface area contributed by atoms with Crippen LogP contribution in [0.3, 0.4) is 0 Å². The van der Waals surface area contributed by atoms with Crippen molar-refractivity contribution in [1.29, 1.82) is 0 Å². The third-order valence-electron chi connectivity index (χ3n) is 4.05. The second kappa shape index (κ2) is 6.59. The van der Waals surface area contributed by atoms with E-state index in [0.29, 0.717) is 11.4 Å². The highest BCUT2D eigenvalue weighted by molar-refractivity contribution is 6.06. The minimum Gasteiger partial charge on any atom is -0.411 e. The summed E-state index contributed by atoms with van der Waals surface area (Å²) in [4.78, 5) is 44.3. The molecular weight excluding hydrogens is 336 g/mol. The molecule has 0 saturated carbocycles. The smallest absolute Gasteiger partial charge is 0.334 e. The average Bonchev–Trinajstić information content (AvgIpc) is 2.88. The highest BCUT2D eigenvalue weighted by Crippen LogP contribution is 2.28. The molecule has 0 aliphatic carbocycles. The Morgan fingerprint density at radius 1 is 1.04 bits per heavy atom. The van der Waals surface area contributed by atoms with Gasteiger partial charge < -0.3 is 14.5 Å². The molecule has 1 aromatic carbocycles. The lowest BCUT2D eigenvalue weighted by atomic mass is 9.95. The number of nitrogens with one attached hydrogen (secondary N) is 1. The van der Waals surface area contributed by atoms with E-state index in [-0.39, 0.29) is 12.0 Å². The Hall–Kier alpha value is -3.22. The maximum absolute atomic E-state index is 13.3. The van der Waals surface area contributed by atoms with E-state index in [2.05, 4.69) is 9.97 Å². The van der Waals surface area contributed by atoms with E-state index in [1.54, 1.807) is 19.1 Å². The molecular formula is C19H18N2O5. The maximum atomic E-state index is 13.3. The molecule has 1 aliphatic rings. The Morgan fingerprint density at radius 3 is 2.12 bits per heavy atom. The topological polar surface area (TPSA) is 98.4 Å². The van der Waals surface area contributed by atoms with Gasteiger partial charge in [-0.05, 0) is 32.9 Å². The number of H-pyrrole nitrogens is 1. The van der Waals surface area contributed by atoms with Crippen LogP contribution in [-0.2, 0) is 25.5 Å². The summed E-state index contributed by atoms with van der Waals surface area (Å²) in [6.45, 7) is 5.46. The van der Waals surface area contributed by atoms with Crippen LogP contribution in [0.5, 0.6) is 0 Å². The molecule has 0 radical (unpaired) electrons. The van der Waals surface area contributed by atoms with Crippen LogP contribution in [0.25, 0.3) is 0 Å². The summed E-state index contributed by atoms with van der Waals surface area (Å²) in [7, 11) is 0. The number of benzene rings is 1. The lowest BCUT2D eigenvalue weighted by Crippen LogP contribution is -2.48. The van der Waals surface area contributed by atoms with Crippen molar-refractivity contribution in [3.05, 3.63) is 64.8 Å². The van der Waals surface area contributed by atoms with Crippen molar-refractivity contribution < 1.29 is 23.9 Å². The van der Waals surface area contributed by atoms with E-state index >= 15 is 0 Å². The van der Waals surface area contributed by atoms with Crippen molar-refractivity contribution in [1.82, 2.24) is 9.97 Å². The van der Waals surface area contributed by atoms with Crippen LogP contribution in [0.2, 0.25) is 0 Å². The Morgan fingerprint density at radius 2 is 1.62 bits per heavy atom. The van der Waals surface area contributed by atoms with Gasteiger partial charge in [-0.25, -0.2) is 14.6 Å². The van der Waals surface area contributed by atoms with Crippen molar-refractivity contribution in [2.45, 2.75) is 33.0 Å². The van der Waals surface area contributed by atoms with Gasteiger partial charge in [0.15, 0.2) is 0 Å². The molecule has 0 bridgehead atoms. The lowest BCUT2D eigenvalue weighted by Gasteiger charge is -2.29. The standard InChI is InChI=1S/C19H18N2O5/c1-11-6-12(2)8-14(7-11)18(24)19(9-15-13(3)20-10-21-15)25-16(22)4-5-17(23)26-19/h4-8,10H,9H2,1-3H3,(H,20,21). The van der Waals surface area contributed by atoms with E-state index in [0.717, 1.165) is 23.3 Å². The molecule has 1 aromatic heterocycles. The number of ether oxygens (including phenoxy) is 2. The molecule has 2 aromatic rings. The summed E-state index contributed by atoms with van der Waals surface area (Å²) >= 11 is 0. The molecule has 2 heterocycles. The van der Waals surface area contributed by atoms with Crippen molar-refractivity contribution in [3.63, 3.8) is 0 Å². The minimum atomic E-state index is -2.11. The number of ketones is 1. The van der Waals surface area contributed by atoms with Crippen LogP contribution in [-0.4, -0.2) is 33.5 Å². The van der Waals surface area contributed by atoms with E-state index in [4.69, 9.17) is 9.47 Å². The fourth-order valence-electron chi connectivity index (χ4n) is 2.91. The third kappa shape index (κ3) is 3.42. The third-order valence-corrected chi connectivity index (χ3v) is 4.05. The molecule has 26 heavy (non-hydrogen) atoms. The minimum absolute atomic E-state index is 0.187. The van der Waals surface area contributed by atoms with E-state index in [1.807, 2.05) is 19.9 Å². The number of aromatic nitrogens is 2. The summed E-state index contributed by atoms with van der Waals surface area (Å²) in [5, 5.41) is 0. The molecule has 0 unspecified atom stereocenters. The number of hydrogen-bond donors (Lipinski definition) is 1. The van der Waals surface area contributed by atoms with Gasteiger partial charge in [0.1, 0.15) is 0 Å². The Labute approximate surface area is 150 Å². The van der Waals surface area contributed by atoms with Crippen LogP contribution >= 0.6 is 0 Å². The van der Waals surface area contributed by atoms with Gasteiger partial charge in [0.2, 0.25) is 5.78 Å². The van der Waals surface area contributed by atoms with E-state index in [9.17, 15) is 14.4 Å². The fourth-order valence-corrected chi connectivity index (χ4v) is 2.91. The first-order chi connectivity index (χ1) is 12.3. The number of esters is 2. The molecule has 0 fully saturated rings. The SMILES string of the molecule is Cc1cc(C)cc(C(=O)C2(Cc3nc[nH]c3C)OC(=O)C=CC(=O)O2)c1. The highest BCUT2D eigenvalue weighted by atomic mass is 16.7. The van der Waals surface area contributed by atoms with Crippen molar-refractivity contribution in [3.8, 4) is 0 Å². The first kappa shape index (κ1) is 17.6. The number of rotatable bonds is 4. The molecule has 7 heteroatoms. The van der Waals surface area contributed by atoms with Gasteiger partial charge in [0.05, 0.1) is 18.4 Å². The molecule has 0 saturated heterocycles. The summed E-state index contributed by atoms with van der Waals surface area (Å²) in [6, 6.07) is 5.23. The second-order valence-electron chi connectivity index (χ2n) is 6.28. The van der Waals surface area contributed by atoms with Gasteiger partial charge in [-0.2, -0.15) is 0 Å². The molecule has 134 valence electrons. The normalized spacial score (nSPS) is 16.0. The van der Waals surface area contributed by atoms with Gasteiger partial charge in [-0.3, -0.25) is 4.79 Å². The molecule has 0 atom stereocenters. The number of imidazole rings is 1. The number of aromatic amines is 1. The average molecular weight is 354 g/mol. The van der Waals surface area contributed by atoms with Gasteiger partial charge in [-0.1, -0.05) is 17.2 Å². The van der Waals surface area contributed by atoms with Crippen LogP contribution in [0.4, 0.5) is 0 Å². The maximum Gasteiger partial charge on any atom is 0.334 e. The summed E-state index contributed by atoms with van der Waals surface area (Å²) in [5.41, 5.74) is 3.16. The van der Waals surface area contributed by atoms with Crippen molar-refractivity contribution >= 4 is 17.7 Å². The number of aryl methyl sites for hydroxylation is 3. The lowest BCUT2D eigenvalue weighted by molar-refractivity contribution is -0.201. The number of carbonyl (C=O) groups is 3. The summed E-state index contributed by atoms with van der Waals surface area (Å²) in [5.74, 6) is -4.39. The zero-order valence-electron chi connectivity index (χ0n) is 14.7. The highest BCUT2D eigenvalue weighted by Gasteiger charge is 2.48. The quantitative estimate of drug-likeness (QED) is 0.667. The summed E-state index contributed by atoms with van der Waals surface area (Å²) < 4.78 is 10.6. The fraction of sp³-hybridized carbons (Fsp3) is 0.263. The zero-order valence-corrected chi connectivity index (χ0v) is 14.7. The number of Topliss-reactive ketones (excluding diaryl/α,β-unsaturated/α-hetero) is 1. The number of cyclic esters (lactones) is 2. The largest absolute Gasteiger partial charge is 0.411 e. The van der Waals surface area contributed by atoms with Gasteiger partial charge in [-0.15, -0.1) is 0 Å². The van der Waals surface area contributed by atoms with Gasteiger partial charge >= 0.3 is 17.7 Å². The van der Waals surface area contributed by atoms with Crippen LogP contribution in [0, 0.1) is 20.8 Å². The number of carbonyl (C=O) groups excluding carboxylic acids is 3. The Kier molecular flexibility index (Phi) is 4.46. The van der Waals surface area contributed by atoms with Crippen LogP contribution in [0.15, 0.2) is 36.7 Å². The monoisotopic (exact) mass is 354 g/mol. The molecule has 3 rings (SSSR count). The van der Waals surface area contributed by atoms with Crippen molar-refractivity contribution in [2.75, 3.05) is 0 Å². The van der Waals surface area contributed by atoms with Crippen molar-refractivity contribution in [2.24, 2.45) is 0 Å². The summed E-state index contributed by atoms with van der Waals surface area (Å²) in [6.07, 6.45) is 3.15.